The molecule has 4 rings (SSSR count). The van der Waals surface area contributed by atoms with Gasteiger partial charge in [0.2, 0.25) is 11.8 Å². The summed E-state index contributed by atoms with van der Waals surface area (Å²) in [5.74, 6) is -1.52. The van der Waals surface area contributed by atoms with Gasteiger partial charge in [-0.25, -0.2) is 4.68 Å². The molecule has 1 aromatic heterocycles. The number of nitrogens with zero attached hydrogens (tertiary/aromatic N) is 2. The third-order valence-corrected chi connectivity index (χ3v) is 5.68. The number of hydrogen-bond acceptors (Lipinski definition) is 4. The molecule has 0 radical (unpaired) electrons. The van der Waals surface area contributed by atoms with E-state index in [1.54, 1.807) is 22.9 Å². The van der Waals surface area contributed by atoms with Gasteiger partial charge in [-0.1, -0.05) is 23.7 Å². The van der Waals surface area contributed by atoms with Gasteiger partial charge in [-0.15, -0.1) is 0 Å². The number of hydrogen-bond donors (Lipinski definition) is 2. The van der Waals surface area contributed by atoms with E-state index in [-0.39, 0.29) is 35.9 Å². The lowest BCUT2D eigenvalue weighted by Gasteiger charge is -2.27. The van der Waals surface area contributed by atoms with Crippen molar-refractivity contribution in [2.24, 2.45) is 5.73 Å². The first-order chi connectivity index (χ1) is 14.3. The standard InChI is InChI=1S/C21H19ClN4O4/c1-11(12-2-5-14(22)6-3-12)25-17-10-13(19(23)28)4-7-15(17)21(30)26(25)16-8-9-18(27)24-20(16)29/h2-7,10-11,16H,8-9H2,1H3,(H2,23,28)(H,24,27,29)/t11-,16?/m0/s1. The number of carbonyl (C=O) groups excluding carboxylic acids is 3. The molecule has 30 heavy (non-hydrogen) atoms. The van der Waals surface area contributed by atoms with Gasteiger partial charge in [0.25, 0.3) is 11.5 Å². The van der Waals surface area contributed by atoms with Crippen LogP contribution in [0.2, 0.25) is 5.02 Å². The van der Waals surface area contributed by atoms with Gasteiger partial charge in [0.15, 0.2) is 0 Å². The smallest absolute Gasteiger partial charge is 0.275 e. The van der Waals surface area contributed by atoms with E-state index < -0.39 is 17.9 Å². The highest BCUT2D eigenvalue weighted by Gasteiger charge is 2.33. The highest BCUT2D eigenvalue weighted by atomic mass is 35.5. The van der Waals surface area contributed by atoms with E-state index in [1.807, 2.05) is 19.1 Å². The molecule has 2 atom stereocenters. The van der Waals surface area contributed by atoms with Crippen molar-refractivity contribution in [3.05, 3.63) is 69.0 Å². The summed E-state index contributed by atoms with van der Waals surface area (Å²) in [5.41, 5.74) is 6.63. The van der Waals surface area contributed by atoms with E-state index in [2.05, 4.69) is 5.32 Å². The highest BCUT2D eigenvalue weighted by molar-refractivity contribution is 6.30. The number of benzene rings is 2. The Morgan fingerprint density at radius 3 is 2.50 bits per heavy atom. The molecule has 0 bridgehead atoms. The van der Waals surface area contributed by atoms with Gasteiger partial charge < -0.3 is 5.73 Å². The Labute approximate surface area is 176 Å². The molecule has 3 amide bonds. The average molecular weight is 427 g/mol. The van der Waals surface area contributed by atoms with Crippen molar-refractivity contribution in [3.63, 3.8) is 0 Å². The van der Waals surface area contributed by atoms with Crippen LogP contribution in [0.1, 0.15) is 47.8 Å². The number of aromatic nitrogens is 2. The van der Waals surface area contributed by atoms with Crippen molar-refractivity contribution in [3.8, 4) is 0 Å². The summed E-state index contributed by atoms with van der Waals surface area (Å²) < 4.78 is 3.06. The fraction of sp³-hybridized carbons (Fsp3) is 0.238. The number of fused-ring (bicyclic) bond motifs is 1. The van der Waals surface area contributed by atoms with Crippen molar-refractivity contribution >= 4 is 40.2 Å². The maximum absolute atomic E-state index is 13.3. The Morgan fingerprint density at radius 2 is 1.87 bits per heavy atom. The second-order valence-corrected chi connectivity index (χ2v) is 7.72. The van der Waals surface area contributed by atoms with Crippen LogP contribution in [0, 0.1) is 0 Å². The van der Waals surface area contributed by atoms with E-state index in [9.17, 15) is 19.2 Å². The summed E-state index contributed by atoms with van der Waals surface area (Å²) in [6.45, 7) is 1.88. The highest BCUT2D eigenvalue weighted by Crippen LogP contribution is 2.28. The summed E-state index contributed by atoms with van der Waals surface area (Å²) in [4.78, 5) is 49.2. The molecule has 0 spiro atoms. The fourth-order valence-electron chi connectivity index (χ4n) is 3.88. The first kappa shape index (κ1) is 19.9. The van der Waals surface area contributed by atoms with Crippen LogP contribution in [-0.4, -0.2) is 27.1 Å². The van der Waals surface area contributed by atoms with Crippen LogP contribution in [0.3, 0.4) is 0 Å². The molecule has 1 fully saturated rings. The number of carbonyl (C=O) groups is 3. The third kappa shape index (κ3) is 3.29. The molecule has 0 saturated carbocycles. The molecule has 1 aliphatic heterocycles. The van der Waals surface area contributed by atoms with E-state index in [1.165, 1.54) is 16.8 Å². The Kier molecular flexibility index (Phi) is 4.95. The fourth-order valence-corrected chi connectivity index (χ4v) is 4.00. The van der Waals surface area contributed by atoms with Crippen molar-refractivity contribution in [2.45, 2.75) is 31.8 Å². The van der Waals surface area contributed by atoms with Crippen LogP contribution in [-0.2, 0) is 9.59 Å². The molecule has 8 nitrogen and oxygen atoms in total. The number of nitrogens with two attached hydrogens (primary N) is 1. The van der Waals surface area contributed by atoms with Gasteiger partial charge in [0.1, 0.15) is 6.04 Å². The van der Waals surface area contributed by atoms with Crippen LogP contribution >= 0.6 is 11.6 Å². The maximum atomic E-state index is 13.3. The number of halogens is 1. The molecular formula is C21H19ClN4O4. The predicted octanol–water partition coefficient (Wildman–Crippen LogP) is 2.14. The van der Waals surface area contributed by atoms with E-state index in [0.717, 1.165) is 5.56 Å². The Balaban J connectivity index is 1.98. The molecular weight excluding hydrogens is 408 g/mol. The zero-order chi connectivity index (χ0) is 21.6. The molecule has 2 heterocycles. The summed E-state index contributed by atoms with van der Waals surface area (Å²) in [5, 5.41) is 3.22. The van der Waals surface area contributed by atoms with Crippen LogP contribution in [0.5, 0.6) is 0 Å². The number of nitrogens with one attached hydrogen (secondary N) is 1. The first-order valence-electron chi connectivity index (χ1n) is 9.43. The van der Waals surface area contributed by atoms with Crippen LogP contribution in [0.15, 0.2) is 47.3 Å². The molecule has 3 N–H and O–H groups in total. The summed E-state index contributed by atoms with van der Waals surface area (Å²) in [6.07, 6.45) is 0.336. The second-order valence-electron chi connectivity index (χ2n) is 7.28. The maximum Gasteiger partial charge on any atom is 0.275 e. The van der Waals surface area contributed by atoms with Gasteiger partial charge in [-0.2, -0.15) is 0 Å². The van der Waals surface area contributed by atoms with Crippen molar-refractivity contribution in [2.75, 3.05) is 0 Å². The Hall–Kier alpha value is -3.39. The van der Waals surface area contributed by atoms with E-state index in [0.29, 0.717) is 15.9 Å². The molecule has 0 aliphatic carbocycles. The predicted molar refractivity (Wildman–Crippen MR) is 111 cm³/mol. The first-order valence-corrected chi connectivity index (χ1v) is 9.81. The quantitative estimate of drug-likeness (QED) is 0.621. The van der Waals surface area contributed by atoms with Gasteiger partial charge in [-0.05, 0) is 49.2 Å². The Bertz CT molecular complexity index is 1240. The SMILES string of the molecule is C[C@@H](c1ccc(Cl)cc1)n1c2cc(C(N)=O)ccc2c(=O)n1C1CCC(=O)NC1=O. The van der Waals surface area contributed by atoms with Crippen molar-refractivity contribution in [1.82, 2.24) is 14.7 Å². The lowest BCUT2D eigenvalue weighted by molar-refractivity contribution is -0.136. The van der Waals surface area contributed by atoms with Gasteiger partial charge in [-0.3, -0.25) is 29.2 Å². The molecule has 2 aromatic carbocycles. The minimum absolute atomic E-state index is 0.131. The number of piperidine rings is 1. The number of amides is 3. The lowest BCUT2D eigenvalue weighted by Crippen LogP contribution is -2.45. The average Bonchev–Trinajstić information content (AvgIpc) is 3.00. The lowest BCUT2D eigenvalue weighted by atomic mass is 10.1. The summed E-state index contributed by atoms with van der Waals surface area (Å²) in [6, 6.07) is 10.5. The van der Waals surface area contributed by atoms with Crippen molar-refractivity contribution < 1.29 is 14.4 Å². The molecule has 3 aromatic rings. The molecule has 154 valence electrons. The summed E-state index contributed by atoms with van der Waals surface area (Å²) >= 11 is 6.00. The number of primary amides is 1. The topological polar surface area (TPSA) is 116 Å². The number of imide groups is 1. The van der Waals surface area contributed by atoms with Crippen LogP contribution in [0.25, 0.3) is 10.9 Å². The van der Waals surface area contributed by atoms with Gasteiger partial charge >= 0.3 is 0 Å². The zero-order valence-electron chi connectivity index (χ0n) is 16.1. The molecule has 9 heteroatoms. The van der Waals surface area contributed by atoms with Gasteiger partial charge in [0.05, 0.1) is 16.9 Å². The largest absolute Gasteiger partial charge is 0.366 e. The molecule has 1 saturated heterocycles. The van der Waals surface area contributed by atoms with Gasteiger partial charge in [0, 0.05) is 17.0 Å². The van der Waals surface area contributed by atoms with Crippen LogP contribution < -0.4 is 16.6 Å². The zero-order valence-corrected chi connectivity index (χ0v) is 16.8. The third-order valence-electron chi connectivity index (χ3n) is 5.42. The summed E-state index contributed by atoms with van der Waals surface area (Å²) in [7, 11) is 0. The molecule has 1 unspecified atom stereocenters. The normalized spacial score (nSPS) is 17.7. The second kappa shape index (κ2) is 7.46. The van der Waals surface area contributed by atoms with E-state index >= 15 is 0 Å². The number of rotatable bonds is 4. The minimum atomic E-state index is -0.852. The van der Waals surface area contributed by atoms with Crippen LogP contribution in [0.4, 0.5) is 0 Å². The Morgan fingerprint density at radius 1 is 1.17 bits per heavy atom. The van der Waals surface area contributed by atoms with Crippen molar-refractivity contribution in [1.29, 1.82) is 0 Å². The minimum Gasteiger partial charge on any atom is -0.366 e. The van der Waals surface area contributed by atoms with E-state index in [4.69, 9.17) is 17.3 Å². The molecule has 1 aliphatic rings. The monoisotopic (exact) mass is 426 g/mol.